The Morgan fingerprint density at radius 1 is 1.04 bits per heavy atom. The second-order valence-corrected chi connectivity index (χ2v) is 6.99. The number of carbonyl (C=O) groups is 1. The Morgan fingerprint density at radius 3 is 2.52 bits per heavy atom. The average molecular weight is 375 g/mol. The van der Waals surface area contributed by atoms with Gasteiger partial charge in [-0.15, -0.1) is 0 Å². The third kappa shape index (κ3) is 4.56. The maximum absolute atomic E-state index is 12.4. The summed E-state index contributed by atoms with van der Waals surface area (Å²) >= 11 is 12.1. The fourth-order valence-corrected chi connectivity index (χ4v) is 3.28. The molecule has 1 saturated heterocycles. The number of piperazine rings is 1. The molecule has 2 aromatic rings. The van der Waals surface area contributed by atoms with Crippen LogP contribution in [0.3, 0.4) is 0 Å². The number of hydrogen-bond acceptors (Lipinski definition) is 2. The largest absolute Gasteiger partial charge is 0.368 e. The number of benzene rings is 2. The van der Waals surface area contributed by atoms with Gasteiger partial charge in [-0.1, -0.05) is 35.3 Å². The molecular weight excluding hydrogens is 355 g/mol. The zero-order chi connectivity index (χ0) is 17.8. The van der Waals surface area contributed by atoms with Gasteiger partial charge in [0.05, 0.1) is 0 Å². The summed E-state index contributed by atoms with van der Waals surface area (Å²) in [6, 6.07) is 13.7. The highest BCUT2D eigenvalue weighted by atomic mass is 35.5. The first kappa shape index (κ1) is 17.8. The fraction of sp³-hybridized carbons (Fsp3) is 0.250. The van der Waals surface area contributed by atoms with Crippen LogP contribution < -0.4 is 4.90 Å². The molecule has 0 aliphatic carbocycles. The highest BCUT2D eigenvalue weighted by molar-refractivity contribution is 6.34. The molecule has 1 aliphatic heterocycles. The van der Waals surface area contributed by atoms with Crippen LogP contribution in [-0.2, 0) is 4.79 Å². The van der Waals surface area contributed by atoms with Gasteiger partial charge in [0.25, 0.3) is 0 Å². The second kappa shape index (κ2) is 7.94. The minimum Gasteiger partial charge on any atom is -0.368 e. The number of anilines is 1. The van der Waals surface area contributed by atoms with E-state index in [1.807, 2.05) is 4.90 Å². The summed E-state index contributed by atoms with van der Waals surface area (Å²) in [5.74, 6) is -0.0000607. The molecule has 1 aliphatic rings. The first-order chi connectivity index (χ1) is 12.0. The van der Waals surface area contributed by atoms with Crippen molar-refractivity contribution in [1.29, 1.82) is 0 Å². The molecule has 3 nitrogen and oxygen atoms in total. The van der Waals surface area contributed by atoms with Crippen molar-refractivity contribution in [3.63, 3.8) is 0 Å². The van der Waals surface area contributed by atoms with Gasteiger partial charge in [0.1, 0.15) is 0 Å². The van der Waals surface area contributed by atoms with Crippen molar-refractivity contribution in [3.8, 4) is 0 Å². The molecule has 0 saturated carbocycles. The van der Waals surface area contributed by atoms with Crippen molar-refractivity contribution in [3.05, 3.63) is 69.7 Å². The quantitative estimate of drug-likeness (QED) is 0.729. The van der Waals surface area contributed by atoms with E-state index in [4.69, 9.17) is 23.2 Å². The molecule has 0 aromatic heterocycles. The van der Waals surface area contributed by atoms with Gasteiger partial charge in [0.2, 0.25) is 5.91 Å². The van der Waals surface area contributed by atoms with Gasteiger partial charge in [0.15, 0.2) is 0 Å². The first-order valence-corrected chi connectivity index (χ1v) is 9.02. The molecule has 1 fully saturated rings. The molecule has 0 radical (unpaired) electrons. The van der Waals surface area contributed by atoms with Gasteiger partial charge >= 0.3 is 0 Å². The smallest absolute Gasteiger partial charge is 0.246 e. The molecule has 0 N–H and O–H groups in total. The Balaban J connectivity index is 1.60. The van der Waals surface area contributed by atoms with Gasteiger partial charge < -0.3 is 9.80 Å². The van der Waals surface area contributed by atoms with E-state index in [9.17, 15) is 4.79 Å². The minimum absolute atomic E-state index is 0.0000607. The third-order valence-electron chi connectivity index (χ3n) is 4.32. The van der Waals surface area contributed by atoms with Crippen molar-refractivity contribution in [2.75, 3.05) is 31.1 Å². The lowest BCUT2D eigenvalue weighted by atomic mass is 10.2. The van der Waals surface area contributed by atoms with Crippen molar-refractivity contribution in [2.24, 2.45) is 0 Å². The van der Waals surface area contributed by atoms with Gasteiger partial charge in [-0.2, -0.15) is 0 Å². The zero-order valence-corrected chi connectivity index (χ0v) is 15.6. The lowest BCUT2D eigenvalue weighted by Crippen LogP contribution is -2.48. The summed E-state index contributed by atoms with van der Waals surface area (Å²) in [7, 11) is 0. The van der Waals surface area contributed by atoms with E-state index in [0.717, 1.165) is 18.7 Å². The monoisotopic (exact) mass is 374 g/mol. The molecule has 25 heavy (non-hydrogen) atoms. The van der Waals surface area contributed by atoms with Crippen LogP contribution in [0.15, 0.2) is 48.5 Å². The van der Waals surface area contributed by atoms with E-state index in [1.54, 1.807) is 30.4 Å². The topological polar surface area (TPSA) is 23.6 Å². The Kier molecular flexibility index (Phi) is 5.67. The van der Waals surface area contributed by atoms with Gasteiger partial charge in [0, 0.05) is 48.0 Å². The van der Waals surface area contributed by atoms with Gasteiger partial charge in [-0.25, -0.2) is 0 Å². The van der Waals surface area contributed by atoms with Crippen LogP contribution in [-0.4, -0.2) is 37.0 Å². The van der Waals surface area contributed by atoms with E-state index in [0.29, 0.717) is 23.1 Å². The molecule has 2 aromatic carbocycles. The number of rotatable bonds is 3. The second-order valence-electron chi connectivity index (χ2n) is 6.15. The SMILES string of the molecule is Cc1cccc(N2CCN(C(=O)/C=C/c3cc(Cl)ccc3Cl)CC2)c1. The van der Waals surface area contributed by atoms with Crippen LogP contribution in [0.2, 0.25) is 10.0 Å². The maximum atomic E-state index is 12.4. The summed E-state index contributed by atoms with van der Waals surface area (Å²) in [4.78, 5) is 16.6. The first-order valence-electron chi connectivity index (χ1n) is 8.26. The molecule has 1 heterocycles. The van der Waals surface area contributed by atoms with Crippen LogP contribution >= 0.6 is 23.2 Å². The summed E-state index contributed by atoms with van der Waals surface area (Å²) in [5.41, 5.74) is 3.21. The number of halogens is 2. The lowest BCUT2D eigenvalue weighted by Gasteiger charge is -2.35. The maximum Gasteiger partial charge on any atom is 0.246 e. The third-order valence-corrected chi connectivity index (χ3v) is 4.90. The average Bonchev–Trinajstić information content (AvgIpc) is 2.62. The molecule has 130 valence electrons. The Bertz CT molecular complexity index is 796. The number of nitrogens with zero attached hydrogens (tertiary/aromatic N) is 2. The highest BCUT2D eigenvalue weighted by Gasteiger charge is 2.19. The highest BCUT2D eigenvalue weighted by Crippen LogP contribution is 2.22. The minimum atomic E-state index is -0.0000607. The Hall–Kier alpha value is -1.97. The van der Waals surface area contributed by atoms with Crippen LogP contribution in [0.4, 0.5) is 5.69 Å². The molecule has 0 unspecified atom stereocenters. The predicted octanol–water partition coefficient (Wildman–Crippen LogP) is 4.66. The van der Waals surface area contributed by atoms with Crippen molar-refractivity contribution in [1.82, 2.24) is 4.90 Å². The normalized spacial score (nSPS) is 15.0. The summed E-state index contributed by atoms with van der Waals surface area (Å²) in [6.45, 7) is 5.18. The number of carbonyl (C=O) groups excluding carboxylic acids is 1. The number of amides is 1. The number of hydrogen-bond donors (Lipinski definition) is 0. The van der Waals surface area contributed by atoms with Crippen LogP contribution in [0.5, 0.6) is 0 Å². The van der Waals surface area contributed by atoms with Crippen LogP contribution in [0.1, 0.15) is 11.1 Å². The summed E-state index contributed by atoms with van der Waals surface area (Å²) in [5, 5.41) is 1.18. The van der Waals surface area contributed by atoms with Gasteiger partial charge in [-0.05, 0) is 54.5 Å². The van der Waals surface area contributed by atoms with E-state index in [2.05, 4.69) is 36.1 Å². The molecular formula is C20H20Cl2N2O. The number of aryl methyl sites for hydroxylation is 1. The predicted molar refractivity (Wildman–Crippen MR) is 105 cm³/mol. The van der Waals surface area contributed by atoms with Gasteiger partial charge in [-0.3, -0.25) is 4.79 Å². The molecule has 0 atom stereocenters. The fourth-order valence-electron chi connectivity index (χ4n) is 2.92. The van der Waals surface area contributed by atoms with Crippen molar-refractivity contribution >= 4 is 40.9 Å². The van der Waals surface area contributed by atoms with Crippen molar-refractivity contribution < 1.29 is 4.79 Å². The lowest BCUT2D eigenvalue weighted by molar-refractivity contribution is -0.126. The summed E-state index contributed by atoms with van der Waals surface area (Å²) < 4.78 is 0. The Morgan fingerprint density at radius 2 is 1.80 bits per heavy atom. The van der Waals surface area contributed by atoms with Crippen LogP contribution in [0, 0.1) is 6.92 Å². The summed E-state index contributed by atoms with van der Waals surface area (Å²) in [6.07, 6.45) is 3.29. The zero-order valence-electron chi connectivity index (χ0n) is 14.1. The molecule has 5 heteroatoms. The standard InChI is InChI=1S/C20H20Cl2N2O/c1-15-3-2-4-18(13-15)23-9-11-24(12-10-23)20(25)8-5-16-14-17(21)6-7-19(16)22/h2-8,13-14H,9-12H2,1H3/b8-5+. The Labute approximate surface area is 158 Å². The molecule has 0 spiro atoms. The van der Waals surface area contributed by atoms with E-state index >= 15 is 0 Å². The van der Waals surface area contributed by atoms with E-state index in [1.165, 1.54) is 11.3 Å². The van der Waals surface area contributed by atoms with Crippen LogP contribution in [0.25, 0.3) is 6.08 Å². The van der Waals surface area contributed by atoms with E-state index < -0.39 is 0 Å². The molecule has 1 amide bonds. The molecule has 3 rings (SSSR count). The van der Waals surface area contributed by atoms with E-state index in [-0.39, 0.29) is 5.91 Å². The van der Waals surface area contributed by atoms with Crippen molar-refractivity contribution in [2.45, 2.75) is 6.92 Å². The molecule has 0 bridgehead atoms.